The van der Waals surface area contributed by atoms with E-state index >= 15 is 0 Å². The number of nitrogens with one attached hydrogen (secondary N) is 2. The van der Waals surface area contributed by atoms with Gasteiger partial charge in [0.2, 0.25) is 0 Å². The number of ether oxygens (including phenoxy) is 1. The van der Waals surface area contributed by atoms with E-state index in [1.165, 1.54) is 30.3 Å². The predicted molar refractivity (Wildman–Crippen MR) is 118 cm³/mol. The number of hydrogen-bond donors (Lipinski definition) is 2. The number of carbonyl (C=O) groups excluding carboxylic acids is 1. The molecule has 3 aromatic carbocycles. The summed E-state index contributed by atoms with van der Waals surface area (Å²) in [7, 11) is -2.18. The Bertz CT molecular complexity index is 1150. The molecule has 6 nitrogen and oxygen atoms in total. The third-order valence-corrected chi connectivity index (χ3v) is 6.18. The van der Waals surface area contributed by atoms with Crippen molar-refractivity contribution < 1.29 is 17.9 Å². The molecule has 0 aliphatic carbocycles. The average Bonchev–Trinajstić information content (AvgIpc) is 2.74. The smallest absolute Gasteiger partial charge is 0.261 e. The lowest BCUT2D eigenvalue weighted by atomic mass is 10.1. The van der Waals surface area contributed by atoms with Crippen molar-refractivity contribution in [2.75, 3.05) is 11.8 Å². The first-order valence-electron chi connectivity index (χ1n) is 9.13. The Labute approximate surface area is 180 Å². The lowest BCUT2D eigenvalue weighted by Crippen LogP contribution is -2.27. The number of carbonyl (C=O) groups is 1. The normalized spacial score (nSPS) is 12.1. The molecule has 3 rings (SSSR count). The van der Waals surface area contributed by atoms with Gasteiger partial charge in [-0.3, -0.25) is 9.52 Å². The number of para-hydroxylation sites is 1. The summed E-state index contributed by atoms with van der Waals surface area (Å²) < 4.78 is 32.7. The average molecular weight is 445 g/mol. The van der Waals surface area contributed by atoms with Gasteiger partial charge in [-0.15, -0.1) is 0 Å². The minimum atomic E-state index is -3.75. The first-order chi connectivity index (χ1) is 14.3. The van der Waals surface area contributed by atoms with Crippen LogP contribution in [0.15, 0.2) is 77.7 Å². The van der Waals surface area contributed by atoms with Crippen LogP contribution < -0.4 is 14.8 Å². The van der Waals surface area contributed by atoms with Gasteiger partial charge in [-0.2, -0.15) is 0 Å². The van der Waals surface area contributed by atoms with Gasteiger partial charge in [0.1, 0.15) is 5.75 Å². The van der Waals surface area contributed by atoms with Gasteiger partial charge in [-0.05, 0) is 43.3 Å². The molecule has 156 valence electrons. The fraction of sp³-hybridized carbons (Fsp3) is 0.136. The molecule has 0 saturated heterocycles. The minimum Gasteiger partial charge on any atom is -0.496 e. The highest BCUT2D eigenvalue weighted by Crippen LogP contribution is 2.27. The van der Waals surface area contributed by atoms with Crippen LogP contribution in [0.1, 0.15) is 28.9 Å². The predicted octanol–water partition coefficient (Wildman–Crippen LogP) is 4.64. The first kappa shape index (κ1) is 21.7. The summed E-state index contributed by atoms with van der Waals surface area (Å²) in [4.78, 5) is 12.8. The van der Waals surface area contributed by atoms with Gasteiger partial charge in [-0.25, -0.2) is 8.42 Å². The van der Waals surface area contributed by atoms with Crippen molar-refractivity contribution in [3.63, 3.8) is 0 Å². The van der Waals surface area contributed by atoms with Crippen molar-refractivity contribution in [3.05, 3.63) is 88.9 Å². The van der Waals surface area contributed by atoms with E-state index < -0.39 is 10.0 Å². The van der Waals surface area contributed by atoms with E-state index in [9.17, 15) is 13.2 Å². The second kappa shape index (κ2) is 9.19. The number of amides is 1. The minimum absolute atomic E-state index is 0.132. The number of hydrogen-bond acceptors (Lipinski definition) is 4. The molecule has 0 aliphatic rings. The zero-order chi connectivity index (χ0) is 21.7. The number of benzene rings is 3. The van der Waals surface area contributed by atoms with Gasteiger partial charge in [0.05, 0.1) is 34.3 Å². The molecule has 0 heterocycles. The van der Waals surface area contributed by atoms with Crippen LogP contribution in [0.2, 0.25) is 5.02 Å². The van der Waals surface area contributed by atoms with Crippen molar-refractivity contribution in [2.45, 2.75) is 17.9 Å². The lowest BCUT2D eigenvalue weighted by Gasteiger charge is -2.18. The zero-order valence-corrected chi connectivity index (χ0v) is 18.0. The number of halogens is 1. The van der Waals surface area contributed by atoms with E-state index in [1.54, 1.807) is 25.3 Å². The van der Waals surface area contributed by atoms with Gasteiger partial charge < -0.3 is 10.1 Å². The van der Waals surface area contributed by atoms with Crippen LogP contribution in [0.3, 0.4) is 0 Å². The van der Waals surface area contributed by atoms with Crippen molar-refractivity contribution in [1.29, 1.82) is 0 Å². The number of anilines is 1. The molecule has 8 heteroatoms. The molecular weight excluding hydrogens is 424 g/mol. The molecular formula is C22H21ClN2O4S. The largest absolute Gasteiger partial charge is 0.496 e. The van der Waals surface area contributed by atoms with Crippen LogP contribution in [0.25, 0.3) is 0 Å². The Balaban J connectivity index is 1.76. The topological polar surface area (TPSA) is 84.5 Å². The monoisotopic (exact) mass is 444 g/mol. The second-order valence-corrected chi connectivity index (χ2v) is 8.64. The molecule has 2 N–H and O–H groups in total. The summed E-state index contributed by atoms with van der Waals surface area (Å²) in [6.07, 6.45) is 0. The Morgan fingerprint density at radius 1 is 1.00 bits per heavy atom. The molecule has 0 unspecified atom stereocenters. The maximum atomic E-state index is 12.7. The quantitative estimate of drug-likeness (QED) is 0.556. The third kappa shape index (κ3) is 4.93. The third-order valence-electron chi connectivity index (χ3n) is 4.47. The molecule has 0 saturated carbocycles. The zero-order valence-electron chi connectivity index (χ0n) is 16.4. The molecule has 30 heavy (non-hydrogen) atoms. The van der Waals surface area contributed by atoms with Crippen molar-refractivity contribution in [3.8, 4) is 5.75 Å². The Kier molecular flexibility index (Phi) is 6.64. The molecule has 0 radical (unpaired) electrons. The molecule has 0 bridgehead atoms. The Hall–Kier alpha value is -3.03. The van der Waals surface area contributed by atoms with Gasteiger partial charge in [0.25, 0.3) is 15.9 Å². The summed E-state index contributed by atoms with van der Waals surface area (Å²) >= 11 is 6.27. The summed E-state index contributed by atoms with van der Waals surface area (Å²) in [5.41, 5.74) is 1.33. The molecule has 0 fully saturated rings. The highest BCUT2D eigenvalue weighted by molar-refractivity contribution is 7.92. The van der Waals surface area contributed by atoms with Crippen LogP contribution in [-0.2, 0) is 10.0 Å². The highest BCUT2D eigenvalue weighted by Gasteiger charge is 2.18. The van der Waals surface area contributed by atoms with Crippen LogP contribution in [-0.4, -0.2) is 21.4 Å². The second-order valence-electron chi connectivity index (χ2n) is 6.55. The molecule has 0 aliphatic heterocycles. The van der Waals surface area contributed by atoms with Crippen molar-refractivity contribution in [1.82, 2.24) is 5.32 Å². The van der Waals surface area contributed by atoms with E-state index in [4.69, 9.17) is 16.3 Å². The van der Waals surface area contributed by atoms with Crippen LogP contribution in [0.5, 0.6) is 5.75 Å². The van der Waals surface area contributed by atoms with Crippen LogP contribution >= 0.6 is 11.6 Å². The molecule has 0 aromatic heterocycles. The fourth-order valence-corrected chi connectivity index (χ4v) is 4.29. The Morgan fingerprint density at radius 2 is 1.67 bits per heavy atom. The maximum Gasteiger partial charge on any atom is 0.261 e. The standard InChI is InChI=1S/C22H21ClN2O4S/c1-15(18-10-6-7-11-21(18)29-2)24-22(26)19-13-12-16(14-20(19)23)25-30(27,28)17-8-4-3-5-9-17/h3-15,25H,1-2H3,(H,24,26)/t15-/m1/s1. The summed E-state index contributed by atoms with van der Waals surface area (Å²) in [5, 5.41) is 3.01. The molecule has 1 atom stereocenters. The van der Waals surface area contributed by atoms with Gasteiger partial charge in [0.15, 0.2) is 0 Å². The lowest BCUT2D eigenvalue weighted by molar-refractivity contribution is 0.0939. The number of rotatable bonds is 7. The van der Waals surface area contributed by atoms with Crippen molar-refractivity contribution in [2.24, 2.45) is 0 Å². The SMILES string of the molecule is COc1ccccc1[C@@H](C)NC(=O)c1ccc(NS(=O)(=O)c2ccccc2)cc1Cl. The van der Waals surface area contributed by atoms with Gasteiger partial charge >= 0.3 is 0 Å². The van der Waals surface area contributed by atoms with Gasteiger partial charge in [0, 0.05) is 5.56 Å². The molecule has 3 aromatic rings. The summed E-state index contributed by atoms with van der Waals surface area (Å²) in [6.45, 7) is 1.84. The number of methoxy groups -OCH3 is 1. The summed E-state index contributed by atoms with van der Waals surface area (Å²) in [6, 6.07) is 19.5. The maximum absolute atomic E-state index is 12.7. The number of sulfonamides is 1. The fourth-order valence-electron chi connectivity index (χ4n) is 2.95. The van der Waals surface area contributed by atoms with Crippen LogP contribution in [0.4, 0.5) is 5.69 Å². The highest BCUT2D eigenvalue weighted by atomic mass is 35.5. The first-order valence-corrected chi connectivity index (χ1v) is 11.0. The summed E-state index contributed by atoms with van der Waals surface area (Å²) in [5.74, 6) is 0.290. The van der Waals surface area contributed by atoms with Crippen LogP contribution in [0, 0.1) is 0 Å². The molecule has 1 amide bonds. The van der Waals surface area contributed by atoms with Gasteiger partial charge in [-0.1, -0.05) is 48.0 Å². The van der Waals surface area contributed by atoms with E-state index in [0.717, 1.165) is 5.56 Å². The van der Waals surface area contributed by atoms with E-state index in [0.29, 0.717) is 5.75 Å². The Morgan fingerprint density at radius 3 is 2.33 bits per heavy atom. The van der Waals surface area contributed by atoms with E-state index in [-0.39, 0.29) is 33.1 Å². The van der Waals surface area contributed by atoms with E-state index in [2.05, 4.69) is 10.0 Å². The van der Waals surface area contributed by atoms with Crippen molar-refractivity contribution >= 4 is 33.2 Å². The van der Waals surface area contributed by atoms with E-state index in [1.807, 2.05) is 31.2 Å². The molecule has 0 spiro atoms.